The quantitative estimate of drug-likeness (QED) is 0.508. The van der Waals surface area contributed by atoms with Crippen molar-refractivity contribution < 1.29 is 19.0 Å². The molecule has 1 unspecified atom stereocenters. The van der Waals surface area contributed by atoms with Crippen molar-refractivity contribution >= 4 is 17.5 Å². The van der Waals surface area contributed by atoms with Gasteiger partial charge in [-0.2, -0.15) is 0 Å². The predicted molar refractivity (Wildman–Crippen MR) is 116 cm³/mol. The molecule has 1 heterocycles. The predicted octanol–water partition coefficient (Wildman–Crippen LogP) is 2.48. The molecule has 0 bridgehead atoms. The highest BCUT2D eigenvalue weighted by atomic mass is 19.1. The Kier molecular flexibility index (Phi) is 7.11. The lowest BCUT2D eigenvalue weighted by atomic mass is 10.1. The number of hydrogen-bond donors (Lipinski definition) is 3. The van der Waals surface area contributed by atoms with E-state index in [2.05, 4.69) is 15.3 Å². The number of amides is 1. The van der Waals surface area contributed by atoms with Crippen LogP contribution in [0.15, 0.2) is 54.7 Å². The van der Waals surface area contributed by atoms with E-state index in [0.717, 1.165) is 5.56 Å². The molecule has 8 nitrogen and oxygen atoms in total. The lowest BCUT2D eigenvalue weighted by Gasteiger charge is -2.17. The topological polar surface area (TPSA) is 114 Å². The van der Waals surface area contributed by atoms with Crippen LogP contribution in [0.1, 0.15) is 11.7 Å². The van der Waals surface area contributed by atoms with E-state index in [0.29, 0.717) is 30.3 Å². The van der Waals surface area contributed by atoms with Gasteiger partial charge >= 0.3 is 0 Å². The van der Waals surface area contributed by atoms with Crippen LogP contribution in [0.4, 0.5) is 16.0 Å². The van der Waals surface area contributed by atoms with Gasteiger partial charge < -0.3 is 25.8 Å². The molecule has 0 aliphatic rings. The Morgan fingerprint density at radius 2 is 1.97 bits per heavy atom. The first-order chi connectivity index (χ1) is 14.8. The highest BCUT2D eigenvalue weighted by Gasteiger charge is 2.19. The van der Waals surface area contributed by atoms with Crippen LogP contribution in [0.5, 0.6) is 5.75 Å². The molecule has 0 radical (unpaired) electrons. The van der Waals surface area contributed by atoms with Gasteiger partial charge in [-0.1, -0.05) is 18.2 Å². The Bertz CT molecular complexity index is 1040. The number of aliphatic hydroxyl groups excluding tert-OH is 1. The van der Waals surface area contributed by atoms with Crippen LogP contribution in [0.25, 0.3) is 11.3 Å². The number of aliphatic hydroxyl groups is 1. The Balaban J connectivity index is 1.84. The second kappa shape index (κ2) is 9.96. The first kappa shape index (κ1) is 22.1. The number of carbonyl (C=O) groups excluding carboxylic acids is 1. The summed E-state index contributed by atoms with van der Waals surface area (Å²) in [5.41, 5.74) is 7.67. The molecule has 31 heavy (non-hydrogen) atoms. The molecule has 1 amide bonds. The zero-order valence-electron chi connectivity index (χ0n) is 17.2. The lowest BCUT2D eigenvalue weighted by Crippen LogP contribution is -2.22. The number of rotatable bonds is 8. The SMILES string of the molecule is CN(C)CCOc1cc(-c2ccnc(N)n2)ccc1NC(=O)C(O)c1ccc(F)cc1. The molecule has 9 heteroatoms. The third kappa shape index (κ3) is 5.97. The number of aromatic nitrogens is 2. The Hall–Kier alpha value is -3.56. The molecule has 162 valence electrons. The molecular formula is C22H24FN5O3. The van der Waals surface area contributed by atoms with Crippen LogP contribution in [-0.4, -0.2) is 53.1 Å². The van der Waals surface area contributed by atoms with Crippen LogP contribution in [0, 0.1) is 5.82 Å². The highest BCUT2D eigenvalue weighted by molar-refractivity contribution is 5.96. The fourth-order valence-corrected chi connectivity index (χ4v) is 2.77. The van der Waals surface area contributed by atoms with Gasteiger partial charge in [-0.3, -0.25) is 4.79 Å². The fourth-order valence-electron chi connectivity index (χ4n) is 2.77. The first-order valence-corrected chi connectivity index (χ1v) is 9.58. The molecule has 3 rings (SSSR count). The summed E-state index contributed by atoms with van der Waals surface area (Å²) in [6.45, 7) is 1.04. The largest absolute Gasteiger partial charge is 0.490 e. The first-order valence-electron chi connectivity index (χ1n) is 9.58. The number of ether oxygens (including phenoxy) is 1. The number of nitrogens with one attached hydrogen (secondary N) is 1. The summed E-state index contributed by atoms with van der Waals surface area (Å²) in [6.07, 6.45) is 0.0930. The van der Waals surface area contributed by atoms with Crippen molar-refractivity contribution in [3.63, 3.8) is 0 Å². The molecular weight excluding hydrogens is 401 g/mol. The van der Waals surface area contributed by atoms with Crippen molar-refractivity contribution in [2.75, 3.05) is 38.3 Å². The monoisotopic (exact) mass is 425 g/mol. The smallest absolute Gasteiger partial charge is 0.257 e. The van der Waals surface area contributed by atoms with E-state index in [-0.39, 0.29) is 11.5 Å². The molecule has 1 atom stereocenters. The number of nitrogens with zero attached hydrogens (tertiary/aromatic N) is 3. The summed E-state index contributed by atoms with van der Waals surface area (Å²) in [5.74, 6) is -0.555. The van der Waals surface area contributed by atoms with E-state index in [1.807, 2.05) is 19.0 Å². The van der Waals surface area contributed by atoms with Gasteiger partial charge in [0, 0.05) is 18.3 Å². The van der Waals surface area contributed by atoms with Crippen molar-refractivity contribution in [3.8, 4) is 17.0 Å². The molecule has 0 saturated carbocycles. The maximum absolute atomic E-state index is 13.1. The van der Waals surface area contributed by atoms with Crippen LogP contribution >= 0.6 is 0 Å². The molecule has 2 aromatic carbocycles. The van der Waals surface area contributed by atoms with Crippen molar-refractivity contribution in [1.82, 2.24) is 14.9 Å². The Morgan fingerprint density at radius 3 is 2.65 bits per heavy atom. The summed E-state index contributed by atoms with van der Waals surface area (Å²) in [4.78, 5) is 22.6. The lowest BCUT2D eigenvalue weighted by molar-refractivity contribution is -0.124. The zero-order valence-corrected chi connectivity index (χ0v) is 17.2. The minimum Gasteiger partial charge on any atom is -0.490 e. The summed E-state index contributed by atoms with van der Waals surface area (Å²) >= 11 is 0. The molecule has 0 aliphatic carbocycles. The molecule has 0 aliphatic heterocycles. The summed E-state index contributed by atoms with van der Waals surface area (Å²) in [5, 5.41) is 13.0. The summed E-state index contributed by atoms with van der Waals surface area (Å²) in [6, 6.07) is 11.9. The van der Waals surface area contributed by atoms with Gasteiger partial charge in [0.1, 0.15) is 18.2 Å². The van der Waals surface area contributed by atoms with Crippen LogP contribution in [0.3, 0.4) is 0 Å². The normalized spacial score (nSPS) is 11.9. The highest BCUT2D eigenvalue weighted by Crippen LogP contribution is 2.31. The number of nitrogen functional groups attached to an aromatic ring is 1. The van der Waals surface area contributed by atoms with Gasteiger partial charge in [-0.15, -0.1) is 0 Å². The Labute approximate surface area is 179 Å². The van der Waals surface area contributed by atoms with Crippen molar-refractivity contribution in [2.24, 2.45) is 0 Å². The van der Waals surface area contributed by atoms with E-state index in [9.17, 15) is 14.3 Å². The number of nitrogens with two attached hydrogens (primary N) is 1. The number of hydrogen-bond acceptors (Lipinski definition) is 7. The van der Waals surface area contributed by atoms with E-state index in [4.69, 9.17) is 10.5 Å². The van der Waals surface area contributed by atoms with Gasteiger partial charge in [0.05, 0.1) is 11.4 Å². The van der Waals surface area contributed by atoms with Gasteiger partial charge in [0.25, 0.3) is 5.91 Å². The fraction of sp³-hybridized carbons (Fsp3) is 0.227. The van der Waals surface area contributed by atoms with Crippen LogP contribution in [-0.2, 0) is 4.79 Å². The number of halogens is 1. The zero-order chi connectivity index (χ0) is 22.4. The number of carbonyl (C=O) groups is 1. The maximum atomic E-state index is 13.1. The van der Waals surface area contributed by atoms with Crippen molar-refractivity contribution in [2.45, 2.75) is 6.10 Å². The van der Waals surface area contributed by atoms with Crippen molar-refractivity contribution in [1.29, 1.82) is 0 Å². The Morgan fingerprint density at radius 1 is 1.23 bits per heavy atom. The average Bonchev–Trinajstić information content (AvgIpc) is 2.74. The number of anilines is 2. The van der Waals surface area contributed by atoms with E-state index >= 15 is 0 Å². The number of benzene rings is 2. The second-order valence-corrected chi connectivity index (χ2v) is 7.11. The van der Waals surface area contributed by atoms with E-state index in [1.165, 1.54) is 24.3 Å². The van der Waals surface area contributed by atoms with Gasteiger partial charge in [0.2, 0.25) is 5.95 Å². The molecule has 0 spiro atoms. The molecule has 0 saturated heterocycles. The third-order valence-corrected chi connectivity index (χ3v) is 4.44. The second-order valence-electron chi connectivity index (χ2n) is 7.11. The van der Waals surface area contributed by atoms with Gasteiger partial charge in [-0.05, 0) is 50.0 Å². The summed E-state index contributed by atoms with van der Waals surface area (Å²) < 4.78 is 19.0. The molecule has 0 fully saturated rings. The van der Waals surface area contributed by atoms with E-state index in [1.54, 1.807) is 30.5 Å². The minimum absolute atomic E-state index is 0.146. The van der Waals surface area contributed by atoms with Crippen LogP contribution < -0.4 is 15.8 Å². The minimum atomic E-state index is -1.46. The number of likely N-dealkylation sites (N-methyl/N-ethyl adjacent to an activating group) is 1. The van der Waals surface area contributed by atoms with Gasteiger partial charge in [0.15, 0.2) is 6.10 Å². The summed E-state index contributed by atoms with van der Waals surface area (Å²) in [7, 11) is 3.84. The molecule has 4 N–H and O–H groups in total. The van der Waals surface area contributed by atoms with Crippen LogP contribution in [0.2, 0.25) is 0 Å². The average molecular weight is 425 g/mol. The molecule has 3 aromatic rings. The standard InChI is InChI=1S/C22H24FN5O3/c1-28(2)11-12-31-19-13-15(17-9-10-25-22(24)27-17)5-8-18(19)26-21(30)20(29)14-3-6-16(23)7-4-14/h3-10,13,20,29H,11-12H2,1-2H3,(H,26,30)(H2,24,25,27). The van der Waals surface area contributed by atoms with E-state index < -0.39 is 17.8 Å². The third-order valence-electron chi connectivity index (χ3n) is 4.44. The van der Waals surface area contributed by atoms with Gasteiger partial charge in [-0.25, -0.2) is 14.4 Å². The van der Waals surface area contributed by atoms with Crippen molar-refractivity contribution in [3.05, 3.63) is 66.1 Å². The molecule has 1 aromatic heterocycles. The maximum Gasteiger partial charge on any atom is 0.257 e.